The Bertz CT molecular complexity index is 265. The summed E-state index contributed by atoms with van der Waals surface area (Å²) >= 11 is 1.64. The highest BCUT2D eigenvalue weighted by Gasteiger charge is 2.01. The molecule has 0 saturated carbocycles. The highest BCUT2D eigenvalue weighted by Crippen LogP contribution is 1.99. The zero-order chi connectivity index (χ0) is 9.52. The lowest BCUT2D eigenvalue weighted by atomic mass is 10.4. The van der Waals surface area contributed by atoms with Crippen molar-refractivity contribution in [2.24, 2.45) is 0 Å². The van der Waals surface area contributed by atoms with Crippen molar-refractivity contribution in [3.05, 3.63) is 18.5 Å². The first kappa shape index (κ1) is 9.98. The molecule has 0 radical (unpaired) electrons. The second-order valence-corrected chi connectivity index (χ2v) is 3.35. The van der Waals surface area contributed by atoms with Crippen LogP contribution >= 0.6 is 11.8 Å². The molecule has 0 aliphatic carbocycles. The molecule has 0 aliphatic rings. The summed E-state index contributed by atoms with van der Waals surface area (Å²) in [5, 5.41) is 2.60. The van der Waals surface area contributed by atoms with Crippen LogP contribution in [-0.4, -0.2) is 27.9 Å². The van der Waals surface area contributed by atoms with Crippen LogP contribution < -0.4 is 5.32 Å². The number of nitrogens with zero attached hydrogens (tertiary/aromatic N) is 2. The first-order valence-corrected chi connectivity index (χ1v) is 5.28. The van der Waals surface area contributed by atoms with Gasteiger partial charge in [-0.2, -0.15) is 11.8 Å². The van der Waals surface area contributed by atoms with Crippen molar-refractivity contribution in [2.45, 2.75) is 6.42 Å². The molecular weight excluding hydrogens is 186 g/mol. The van der Waals surface area contributed by atoms with Crippen molar-refractivity contribution >= 4 is 23.6 Å². The van der Waals surface area contributed by atoms with E-state index in [0.29, 0.717) is 12.4 Å². The van der Waals surface area contributed by atoms with Gasteiger partial charge in [-0.25, -0.2) is 9.97 Å². The molecular formula is C8H11N3OS. The molecule has 0 unspecified atom stereocenters. The molecule has 0 aromatic carbocycles. The second-order valence-electron chi connectivity index (χ2n) is 2.36. The Kier molecular flexibility index (Phi) is 4.25. The average Bonchev–Trinajstić information content (AvgIpc) is 2.16. The summed E-state index contributed by atoms with van der Waals surface area (Å²) in [6.45, 7) is 0. The summed E-state index contributed by atoms with van der Waals surface area (Å²) in [6, 6.07) is 1.71. The quantitative estimate of drug-likeness (QED) is 0.787. The topological polar surface area (TPSA) is 54.9 Å². The van der Waals surface area contributed by atoms with Gasteiger partial charge in [0.2, 0.25) is 11.9 Å². The molecule has 5 heteroatoms. The highest BCUT2D eigenvalue weighted by molar-refractivity contribution is 7.98. The van der Waals surface area contributed by atoms with E-state index in [-0.39, 0.29) is 5.91 Å². The molecule has 1 aromatic heterocycles. The summed E-state index contributed by atoms with van der Waals surface area (Å²) < 4.78 is 0. The van der Waals surface area contributed by atoms with Crippen LogP contribution in [0.15, 0.2) is 18.5 Å². The Hall–Kier alpha value is -1.10. The van der Waals surface area contributed by atoms with E-state index < -0.39 is 0 Å². The third-order valence-corrected chi connectivity index (χ3v) is 1.96. The zero-order valence-electron chi connectivity index (χ0n) is 7.36. The Morgan fingerprint density at radius 3 is 2.85 bits per heavy atom. The fourth-order valence-corrected chi connectivity index (χ4v) is 1.14. The maximum atomic E-state index is 11.2. The maximum Gasteiger partial charge on any atom is 0.229 e. The number of thioether (sulfide) groups is 1. The van der Waals surface area contributed by atoms with E-state index in [1.54, 1.807) is 30.2 Å². The number of carbonyl (C=O) groups is 1. The number of nitrogens with one attached hydrogen (secondary N) is 1. The van der Waals surface area contributed by atoms with E-state index >= 15 is 0 Å². The molecule has 1 N–H and O–H groups in total. The number of carbonyl (C=O) groups excluding carboxylic acids is 1. The number of rotatable bonds is 4. The van der Waals surface area contributed by atoms with Gasteiger partial charge in [-0.05, 0) is 12.3 Å². The molecule has 0 saturated heterocycles. The number of hydrogen-bond donors (Lipinski definition) is 1. The van der Waals surface area contributed by atoms with Gasteiger partial charge in [0.15, 0.2) is 0 Å². The van der Waals surface area contributed by atoms with Crippen LogP contribution in [0.25, 0.3) is 0 Å². The smallest absolute Gasteiger partial charge is 0.229 e. The molecule has 70 valence electrons. The number of amides is 1. The lowest BCUT2D eigenvalue weighted by molar-refractivity contribution is -0.115. The van der Waals surface area contributed by atoms with Crippen LogP contribution in [0.2, 0.25) is 0 Å². The molecule has 1 rings (SSSR count). The van der Waals surface area contributed by atoms with E-state index in [0.717, 1.165) is 5.75 Å². The summed E-state index contributed by atoms with van der Waals surface area (Å²) in [5.74, 6) is 1.15. The largest absolute Gasteiger partial charge is 0.295 e. The van der Waals surface area contributed by atoms with Crippen molar-refractivity contribution in [1.82, 2.24) is 9.97 Å². The third kappa shape index (κ3) is 3.89. The average molecular weight is 197 g/mol. The molecule has 4 nitrogen and oxygen atoms in total. The first-order chi connectivity index (χ1) is 6.33. The summed E-state index contributed by atoms with van der Waals surface area (Å²) in [7, 11) is 0. The van der Waals surface area contributed by atoms with Gasteiger partial charge < -0.3 is 0 Å². The molecule has 1 aromatic rings. The van der Waals surface area contributed by atoms with Gasteiger partial charge in [-0.1, -0.05) is 0 Å². The van der Waals surface area contributed by atoms with E-state index in [1.807, 2.05) is 6.26 Å². The SMILES string of the molecule is CSCCC(=O)Nc1ncccn1. The third-order valence-electron chi connectivity index (χ3n) is 1.35. The summed E-state index contributed by atoms with van der Waals surface area (Å²) in [6.07, 6.45) is 5.65. The predicted molar refractivity (Wildman–Crippen MR) is 53.7 cm³/mol. The normalized spacial score (nSPS) is 9.62. The van der Waals surface area contributed by atoms with Crippen LogP contribution in [0.3, 0.4) is 0 Å². The predicted octanol–water partition coefficient (Wildman–Crippen LogP) is 1.17. The molecule has 0 spiro atoms. The first-order valence-electron chi connectivity index (χ1n) is 3.88. The van der Waals surface area contributed by atoms with Crippen molar-refractivity contribution in [2.75, 3.05) is 17.3 Å². The van der Waals surface area contributed by atoms with Crippen LogP contribution in [0, 0.1) is 0 Å². The van der Waals surface area contributed by atoms with Crippen molar-refractivity contribution in [3.8, 4) is 0 Å². The summed E-state index contributed by atoms with van der Waals surface area (Å²) in [5.41, 5.74) is 0. The number of aromatic nitrogens is 2. The lowest BCUT2D eigenvalue weighted by Crippen LogP contribution is -2.14. The monoisotopic (exact) mass is 197 g/mol. The van der Waals surface area contributed by atoms with Crippen molar-refractivity contribution in [3.63, 3.8) is 0 Å². The molecule has 0 bridgehead atoms. The van der Waals surface area contributed by atoms with Crippen molar-refractivity contribution in [1.29, 1.82) is 0 Å². The van der Waals surface area contributed by atoms with Crippen LogP contribution in [-0.2, 0) is 4.79 Å². The minimum absolute atomic E-state index is 0.0412. The minimum Gasteiger partial charge on any atom is -0.295 e. The zero-order valence-corrected chi connectivity index (χ0v) is 8.17. The number of anilines is 1. The van der Waals surface area contributed by atoms with E-state index in [4.69, 9.17) is 0 Å². The highest BCUT2D eigenvalue weighted by atomic mass is 32.2. The maximum absolute atomic E-state index is 11.2. The molecule has 1 amide bonds. The van der Waals surface area contributed by atoms with E-state index in [2.05, 4.69) is 15.3 Å². The standard InChI is InChI=1S/C8H11N3OS/c1-13-6-3-7(12)11-8-9-4-2-5-10-8/h2,4-5H,3,6H2,1H3,(H,9,10,11,12). The second kappa shape index (κ2) is 5.53. The Morgan fingerprint density at radius 1 is 1.54 bits per heavy atom. The van der Waals surface area contributed by atoms with E-state index in [1.165, 1.54) is 0 Å². The van der Waals surface area contributed by atoms with Gasteiger partial charge in [0.1, 0.15) is 0 Å². The fraction of sp³-hybridized carbons (Fsp3) is 0.375. The summed E-state index contributed by atoms with van der Waals surface area (Å²) in [4.78, 5) is 18.9. The van der Waals surface area contributed by atoms with E-state index in [9.17, 15) is 4.79 Å². The molecule has 0 atom stereocenters. The molecule has 1 heterocycles. The van der Waals surface area contributed by atoms with Crippen LogP contribution in [0.1, 0.15) is 6.42 Å². The van der Waals surface area contributed by atoms with Gasteiger partial charge >= 0.3 is 0 Å². The van der Waals surface area contributed by atoms with Gasteiger partial charge in [-0.3, -0.25) is 10.1 Å². The minimum atomic E-state index is -0.0412. The molecule has 0 fully saturated rings. The molecule has 0 aliphatic heterocycles. The van der Waals surface area contributed by atoms with Gasteiger partial charge in [0.05, 0.1) is 0 Å². The number of hydrogen-bond acceptors (Lipinski definition) is 4. The van der Waals surface area contributed by atoms with Gasteiger partial charge in [-0.15, -0.1) is 0 Å². The van der Waals surface area contributed by atoms with Crippen molar-refractivity contribution < 1.29 is 4.79 Å². The van der Waals surface area contributed by atoms with Crippen LogP contribution in [0.5, 0.6) is 0 Å². The van der Waals surface area contributed by atoms with Gasteiger partial charge in [0.25, 0.3) is 0 Å². The van der Waals surface area contributed by atoms with Crippen LogP contribution in [0.4, 0.5) is 5.95 Å². The lowest BCUT2D eigenvalue weighted by Gasteiger charge is -2.00. The molecule has 13 heavy (non-hydrogen) atoms. The Balaban J connectivity index is 2.37. The Morgan fingerprint density at radius 2 is 2.23 bits per heavy atom. The van der Waals surface area contributed by atoms with Gasteiger partial charge in [0, 0.05) is 24.6 Å². The fourth-order valence-electron chi connectivity index (χ4n) is 0.746. The Labute approximate surface area is 81.2 Å².